The van der Waals surface area contributed by atoms with Gasteiger partial charge in [-0.05, 0) is 24.1 Å². The molecule has 0 bridgehead atoms. The van der Waals surface area contributed by atoms with Gasteiger partial charge in [-0.2, -0.15) is 13.2 Å². The van der Waals surface area contributed by atoms with Crippen LogP contribution in [0.1, 0.15) is 24.5 Å². The van der Waals surface area contributed by atoms with Crippen molar-refractivity contribution in [1.82, 2.24) is 0 Å². The summed E-state index contributed by atoms with van der Waals surface area (Å²) in [7, 11) is 0. The van der Waals surface area contributed by atoms with E-state index in [9.17, 15) is 13.2 Å². The van der Waals surface area contributed by atoms with Gasteiger partial charge in [0.2, 0.25) is 0 Å². The van der Waals surface area contributed by atoms with Gasteiger partial charge < -0.3 is 4.74 Å². The Morgan fingerprint density at radius 2 is 2.00 bits per heavy atom. The molecule has 0 atom stereocenters. The van der Waals surface area contributed by atoms with E-state index in [-0.39, 0.29) is 18.2 Å². The third-order valence-corrected chi connectivity index (χ3v) is 2.27. The van der Waals surface area contributed by atoms with E-state index in [1.54, 1.807) is 0 Å². The summed E-state index contributed by atoms with van der Waals surface area (Å²) in [6.07, 6.45) is -3.75. The molecule has 0 spiro atoms. The second kappa shape index (κ2) is 5.43. The van der Waals surface area contributed by atoms with E-state index in [0.717, 1.165) is 6.07 Å². The molecule has 0 radical (unpaired) electrons. The standard InChI is InChI=1S/C11H12ClF3O/c1-2-5-16-10-4-3-8(7-12)6-9(10)11(13,14)15/h3-4,6H,2,5,7H2,1H3. The van der Waals surface area contributed by atoms with Crippen LogP contribution in [0.2, 0.25) is 0 Å². The van der Waals surface area contributed by atoms with Crippen LogP contribution < -0.4 is 4.74 Å². The number of hydrogen-bond donors (Lipinski definition) is 0. The summed E-state index contributed by atoms with van der Waals surface area (Å²) in [5, 5.41) is 0. The van der Waals surface area contributed by atoms with Crippen LogP contribution in [0, 0.1) is 0 Å². The summed E-state index contributed by atoms with van der Waals surface area (Å²) < 4.78 is 43.1. The van der Waals surface area contributed by atoms with Gasteiger partial charge in [-0.15, -0.1) is 11.6 Å². The van der Waals surface area contributed by atoms with Crippen molar-refractivity contribution in [2.75, 3.05) is 6.61 Å². The van der Waals surface area contributed by atoms with Gasteiger partial charge >= 0.3 is 6.18 Å². The van der Waals surface area contributed by atoms with Crippen molar-refractivity contribution >= 4 is 11.6 Å². The lowest BCUT2D eigenvalue weighted by Gasteiger charge is -2.14. The third-order valence-electron chi connectivity index (χ3n) is 1.97. The van der Waals surface area contributed by atoms with Crippen molar-refractivity contribution in [1.29, 1.82) is 0 Å². The van der Waals surface area contributed by atoms with E-state index < -0.39 is 11.7 Å². The molecule has 0 unspecified atom stereocenters. The molecular weight excluding hydrogens is 241 g/mol. The van der Waals surface area contributed by atoms with Gasteiger partial charge in [0.25, 0.3) is 0 Å². The molecular formula is C11H12ClF3O. The van der Waals surface area contributed by atoms with Crippen LogP contribution in [0.4, 0.5) is 13.2 Å². The van der Waals surface area contributed by atoms with Crippen LogP contribution in [-0.2, 0) is 12.1 Å². The Kier molecular flexibility index (Phi) is 4.47. The minimum Gasteiger partial charge on any atom is -0.493 e. The monoisotopic (exact) mass is 252 g/mol. The fourth-order valence-electron chi connectivity index (χ4n) is 1.22. The predicted octanol–water partition coefficient (Wildman–Crippen LogP) is 4.23. The van der Waals surface area contributed by atoms with E-state index in [4.69, 9.17) is 16.3 Å². The zero-order valence-corrected chi connectivity index (χ0v) is 9.53. The lowest BCUT2D eigenvalue weighted by molar-refractivity contribution is -0.139. The molecule has 16 heavy (non-hydrogen) atoms. The van der Waals surface area contributed by atoms with E-state index in [1.165, 1.54) is 12.1 Å². The summed E-state index contributed by atoms with van der Waals surface area (Å²) in [5.74, 6) is -0.0832. The highest BCUT2D eigenvalue weighted by Crippen LogP contribution is 2.37. The van der Waals surface area contributed by atoms with E-state index in [0.29, 0.717) is 12.0 Å². The SMILES string of the molecule is CCCOc1ccc(CCl)cc1C(F)(F)F. The summed E-state index contributed by atoms with van der Waals surface area (Å²) >= 11 is 5.50. The van der Waals surface area contributed by atoms with Crippen LogP contribution in [-0.4, -0.2) is 6.61 Å². The summed E-state index contributed by atoms with van der Waals surface area (Å²) in [5.41, 5.74) is -0.336. The topological polar surface area (TPSA) is 9.23 Å². The molecule has 1 rings (SSSR count). The average Bonchev–Trinajstić information content (AvgIpc) is 2.25. The molecule has 1 nitrogen and oxygen atoms in total. The van der Waals surface area contributed by atoms with Crippen molar-refractivity contribution in [2.45, 2.75) is 25.4 Å². The maximum absolute atomic E-state index is 12.7. The molecule has 1 aromatic rings. The first-order valence-corrected chi connectivity index (χ1v) is 5.41. The van der Waals surface area contributed by atoms with E-state index >= 15 is 0 Å². The molecule has 0 saturated heterocycles. The maximum atomic E-state index is 12.7. The normalized spacial score (nSPS) is 11.6. The molecule has 0 aliphatic carbocycles. The highest BCUT2D eigenvalue weighted by molar-refractivity contribution is 6.17. The van der Waals surface area contributed by atoms with Gasteiger partial charge in [0.1, 0.15) is 5.75 Å². The molecule has 5 heteroatoms. The number of ether oxygens (including phenoxy) is 1. The zero-order chi connectivity index (χ0) is 12.2. The van der Waals surface area contributed by atoms with Gasteiger partial charge in [0.15, 0.2) is 0 Å². The van der Waals surface area contributed by atoms with E-state index in [1.807, 2.05) is 6.92 Å². The molecule has 90 valence electrons. The van der Waals surface area contributed by atoms with Crippen LogP contribution >= 0.6 is 11.6 Å². The first-order valence-electron chi connectivity index (χ1n) is 4.88. The Morgan fingerprint density at radius 1 is 1.31 bits per heavy atom. The minimum atomic E-state index is -4.41. The van der Waals surface area contributed by atoms with Crippen LogP contribution in [0.15, 0.2) is 18.2 Å². The smallest absolute Gasteiger partial charge is 0.419 e. The minimum absolute atomic E-state index is 0.0527. The zero-order valence-electron chi connectivity index (χ0n) is 8.77. The Balaban J connectivity index is 3.06. The lowest BCUT2D eigenvalue weighted by Crippen LogP contribution is -2.09. The number of halogens is 4. The van der Waals surface area contributed by atoms with Gasteiger partial charge in [-0.1, -0.05) is 13.0 Å². The van der Waals surface area contributed by atoms with Crippen molar-refractivity contribution in [3.63, 3.8) is 0 Å². The number of benzene rings is 1. The van der Waals surface area contributed by atoms with Crippen LogP contribution in [0.5, 0.6) is 5.75 Å². The second-order valence-corrected chi connectivity index (χ2v) is 3.58. The van der Waals surface area contributed by atoms with Crippen LogP contribution in [0.3, 0.4) is 0 Å². The average molecular weight is 253 g/mol. The molecule has 0 saturated carbocycles. The highest BCUT2D eigenvalue weighted by atomic mass is 35.5. The second-order valence-electron chi connectivity index (χ2n) is 3.31. The first kappa shape index (κ1) is 13.2. The Morgan fingerprint density at radius 3 is 2.50 bits per heavy atom. The number of hydrogen-bond acceptors (Lipinski definition) is 1. The van der Waals surface area contributed by atoms with Crippen molar-refractivity contribution < 1.29 is 17.9 Å². The molecule has 0 amide bonds. The largest absolute Gasteiger partial charge is 0.493 e. The van der Waals surface area contributed by atoms with Crippen molar-refractivity contribution in [2.24, 2.45) is 0 Å². The Labute approximate surface area is 97.2 Å². The fraction of sp³-hybridized carbons (Fsp3) is 0.455. The molecule has 0 aliphatic rings. The third kappa shape index (κ3) is 3.30. The summed E-state index contributed by atoms with van der Waals surface area (Å²) in [4.78, 5) is 0. The van der Waals surface area contributed by atoms with Crippen molar-refractivity contribution in [3.8, 4) is 5.75 Å². The Hall–Kier alpha value is -0.900. The fourth-order valence-corrected chi connectivity index (χ4v) is 1.39. The number of rotatable bonds is 4. The van der Waals surface area contributed by atoms with Gasteiger partial charge in [0, 0.05) is 5.88 Å². The molecule has 0 aliphatic heterocycles. The first-order chi connectivity index (χ1) is 7.49. The molecule has 0 heterocycles. The van der Waals surface area contributed by atoms with Crippen molar-refractivity contribution in [3.05, 3.63) is 29.3 Å². The molecule has 0 N–H and O–H groups in total. The van der Waals surface area contributed by atoms with Gasteiger partial charge in [0.05, 0.1) is 12.2 Å². The quantitative estimate of drug-likeness (QED) is 0.729. The predicted molar refractivity (Wildman–Crippen MR) is 56.8 cm³/mol. The summed E-state index contributed by atoms with van der Waals surface area (Å²) in [6, 6.07) is 3.88. The molecule has 0 fully saturated rings. The van der Waals surface area contributed by atoms with E-state index in [2.05, 4.69) is 0 Å². The lowest BCUT2D eigenvalue weighted by atomic mass is 10.1. The summed E-state index contributed by atoms with van der Waals surface area (Å²) in [6.45, 7) is 2.10. The van der Waals surface area contributed by atoms with Gasteiger partial charge in [-0.3, -0.25) is 0 Å². The molecule has 1 aromatic carbocycles. The van der Waals surface area contributed by atoms with Gasteiger partial charge in [-0.25, -0.2) is 0 Å². The molecule has 0 aromatic heterocycles. The highest BCUT2D eigenvalue weighted by Gasteiger charge is 2.34. The Bertz CT molecular complexity index is 350. The maximum Gasteiger partial charge on any atom is 0.419 e. The van der Waals surface area contributed by atoms with Crippen LogP contribution in [0.25, 0.3) is 0 Å². The number of alkyl halides is 4.